The van der Waals surface area contributed by atoms with E-state index in [4.69, 9.17) is 0 Å². The van der Waals surface area contributed by atoms with Crippen molar-refractivity contribution in [2.45, 2.75) is 23.9 Å². The van der Waals surface area contributed by atoms with Gasteiger partial charge in [0.05, 0.1) is 17.4 Å². The van der Waals surface area contributed by atoms with Crippen molar-refractivity contribution < 1.29 is 13.2 Å². The third kappa shape index (κ3) is 3.42. The molecule has 7 nitrogen and oxygen atoms in total. The zero-order valence-corrected chi connectivity index (χ0v) is 17.1. The highest BCUT2D eigenvalue weighted by molar-refractivity contribution is 7.89. The maximum Gasteiger partial charge on any atom is 0.253 e. The number of hydrogen-bond donors (Lipinski definition) is 2. The van der Waals surface area contributed by atoms with Gasteiger partial charge in [0, 0.05) is 30.2 Å². The van der Waals surface area contributed by atoms with Gasteiger partial charge in [0.25, 0.3) is 5.91 Å². The molecule has 1 amide bonds. The lowest BCUT2D eigenvalue weighted by Gasteiger charge is -2.38. The molecule has 0 radical (unpaired) electrons. The number of carbonyl (C=O) groups is 1. The van der Waals surface area contributed by atoms with Crippen molar-refractivity contribution in [3.05, 3.63) is 66.4 Å². The summed E-state index contributed by atoms with van der Waals surface area (Å²) in [5.74, 6) is 0.111. The fourth-order valence-electron chi connectivity index (χ4n) is 4.29. The number of fused-ring (bicyclic) bond motifs is 2. The fourth-order valence-corrected chi connectivity index (χ4v) is 5.68. The van der Waals surface area contributed by atoms with Crippen LogP contribution in [-0.2, 0) is 10.0 Å². The van der Waals surface area contributed by atoms with Crippen LogP contribution < -0.4 is 10.0 Å². The second kappa shape index (κ2) is 7.37. The topological polar surface area (TPSA) is 91.4 Å². The van der Waals surface area contributed by atoms with Crippen LogP contribution >= 0.6 is 0 Å². The number of piperidine rings is 1. The molecular weight excluding hydrogens is 400 g/mol. The minimum Gasteiger partial charge on any atom is -0.368 e. The van der Waals surface area contributed by atoms with E-state index in [1.54, 1.807) is 24.4 Å². The molecule has 1 atom stereocenters. The molecule has 0 spiro atoms. The SMILES string of the molecule is O=C(c1ccc2ncccc2c1)N1CCC(C2Nc3ccccc3S(=O)(=O)N2)CC1. The van der Waals surface area contributed by atoms with Crippen LogP contribution in [0.2, 0.25) is 0 Å². The van der Waals surface area contributed by atoms with Crippen molar-refractivity contribution in [2.24, 2.45) is 5.92 Å². The van der Waals surface area contributed by atoms with Crippen molar-refractivity contribution in [3.63, 3.8) is 0 Å². The standard InChI is InChI=1S/C22H22N4O3S/c27-22(17-7-8-18-16(14-17)4-3-11-23-18)26-12-9-15(10-13-26)21-24-19-5-1-2-6-20(19)30(28,29)25-21/h1-8,11,14-15,21,24-25H,9-10,12-13H2. The molecule has 0 bridgehead atoms. The number of nitrogens with one attached hydrogen (secondary N) is 2. The van der Waals surface area contributed by atoms with Gasteiger partial charge in [-0.25, -0.2) is 8.42 Å². The zero-order chi connectivity index (χ0) is 20.7. The van der Waals surface area contributed by atoms with Crippen molar-refractivity contribution in [3.8, 4) is 0 Å². The first-order chi connectivity index (χ1) is 14.5. The number of likely N-dealkylation sites (tertiary alicyclic amines) is 1. The smallest absolute Gasteiger partial charge is 0.253 e. The van der Waals surface area contributed by atoms with E-state index in [2.05, 4.69) is 15.0 Å². The van der Waals surface area contributed by atoms with Crippen LogP contribution in [-0.4, -0.2) is 43.5 Å². The summed E-state index contributed by atoms with van der Waals surface area (Å²) in [6.07, 6.45) is 2.82. The Hall–Kier alpha value is -2.97. The predicted octanol–water partition coefficient (Wildman–Crippen LogP) is 2.82. The number of para-hydroxylation sites is 1. The normalized spacial score (nSPS) is 21.1. The number of carbonyl (C=O) groups excluding carboxylic acids is 1. The highest BCUT2D eigenvalue weighted by atomic mass is 32.2. The average molecular weight is 423 g/mol. The van der Waals surface area contributed by atoms with E-state index in [9.17, 15) is 13.2 Å². The summed E-state index contributed by atoms with van der Waals surface area (Å²) in [5.41, 5.74) is 2.15. The molecule has 0 saturated carbocycles. The molecule has 2 aliphatic heterocycles. The lowest BCUT2D eigenvalue weighted by Crippen LogP contribution is -2.52. The molecule has 5 rings (SSSR count). The molecule has 3 heterocycles. The highest BCUT2D eigenvalue weighted by Crippen LogP contribution is 2.31. The number of hydrogen-bond acceptors (Lipinski definition) is 5. The van der Waals surface area contributed by atoms with E-state index in [-0.39, 0.29) is 22.9 Å². The van der Waals surface area contributed by atoms with Gasteiger partial charge in [0.15, 0.2) is 0 Å². The van der Waals surface area contributed by atoms with E-state index in [0.717, 1.165) is 23.7 Å². The number of anilines is 1. The molecule has 2 aliphatic rings. The second-order valence-corrected chi connectivity index (χ2v) is 9.46. The zero-order valence-electron chi connectivity index (χ0n) is 16.3. The monoisotopic (exact) mass is 422 g/mol. The van der Waals surface area contributed by atoms with Gasteiger partial charge >= 0.3 is 0 Å². The first-order valence-corrected chi connectivity index (χ1v) is 11.5. The molecule has 0 aliphatic carbocycles. The van der Waals surface area contributed by atoms with E-state index in [0.29, 0.717) is 24.3 Å². The van der Waals surface area contributed by atoms with Crippen LogP contribution in [0.4, 0.5) is 5.69 Å². The first kappa shape index (κ1) is 19.0. The number of nitrogens with zero attached hydrogens (tertiary/aromatic N) is 2. The lowest BCUT2D eigenvalue weighted by atomic mass is 9.93. The molecule has 2 aromatic carbocycles. The van der Waals surface area contributed by atoms with Crippen LogP contribution in [0, 0.1) is 5.92 Å². The van der Waals surface area contributed by atoms with Gasteiger partial charge in [-0.15, -0.1) is 0 Å². The number of sulfonamides is 1. The molecule has 154 valence electrons. The van der Waals surface area contributed by atoms with Gasteiger partial charge in [0.2, 0.25) is 10.0 Å². The van der Waals surface area contributed by atoms with Gasteiger partial charge in [0.1, 0.15) is 4.90 Å². The van der Waals surface area contributed by atoms with Crippen LogP contribution in [0.5, 0.6) is 0 Å². The maximum atomic E-state index is 13.0. The summed E-state index contributed by atoms with van der Waals surface area (Å²) in [7, 11) is -3.53. The Morgan fingerprint density at radius 1 is 1.03 bits per heavy atom. The largest absolute Gasteiger partial charge is 0.368 e. The summed E-state index contributed by atoms with van der Waals surface area (Å²) >= 11 is 0. The third-order valence-electron chi connectivity index (χ3n) is 5.92. The van der Waals surface area contributed by atoms with E-state index < -0.39 is 10.0 Å². The molecular formula is C22H22N4O3S. The Kier molecular flexibility index (Phi) is 4.67. The lowest BCUT2D eigenvalue weighted by molar-refractivity contribution is 0.0679. The Bertz CT molecular complexity index is 1220. The Balaban J connectivity index is 1.28. The van der Waals surface area contributed by atoms with Gasteiger partial charge in [-0.05, 0) is 55.2 Å². The molecule has 3 aromatic rings. The summed E-state index contributed by atoms with van der Waals surface area (Å²) in [5, 5.41) is 4.26. The highest BCUT2D eigenvalue weighted by Gasteiger charge is 2.35. The Morgan fingerprint density at radius 2 is 1.83 bits per heavy atom. The molecule has 1 unspecified atom stereocenters. The molecule has 1 fully saturated rings. The third-order valence-corrected chi connectivity index (χ3v) is 7.42. The molecule has 8 heteroatoms. The van der Waals surface area contributed by atoms with Gasteiger partial charge in [-0.1, -0.05) is 18.2 Å². The quantitative estimate of drug-likeness (QED) is 0.663. The maximum absolute atomic E-state index is 13.0. The minimum absolute atomic E-state index is 0.00160. The number of pyridine rings is 1. The van der Waals surface area contributed by atoms with E-state index >= 15 is 0 Å². The number of aromatic nitrogens is 1. The van der Waals surface area contributed by atoms with Crippen molar-refractivity contribution in [1.82, 2.24) is 14.6 Å². The molecule has 1 aromatic heterocycles. The van der Waals surface area contributed by atoms with Crippen LogP contribution in [0.25, 0.3) is 10.9 Å². The number of benzene rings is 2. The van der Waals surface area contributed by atoms with Gasteiger partial charge in [-0.2, -0.15) is 4.72 Å². The molecule has 30 heavy (non-hydrogen) atoms. The Labute approximate surface area is 175 Å². The summed E-state index contributed by atoms with van der Waals surface area (Å²) in [4.78, 5) is 19.4. The van der Waals surface area contributed by atoms with Gasteiger partial charge < -0.3 is 10.2 Å². The van der Waals surface area contributed by atoms with Crippen LogP contribution in [0.3, 0.4) is 0 Å². The second-order valence-electron chi connectivity index (χ2n) is 7.78. The number of rotatable bonds is 2. The van der Waals surface area contributed by atoms with Crippen molar-refractivity contribution in [2.75, 3.05) is 18.4 Å². The minimum atomic E-state index is -3.53. The number of amides is 1. The summed E-state index contributed by atoms with van der Waals surface area (Å²) in [6, 6.07) is 16.3. The van der Waals surface area contributed by atoms with E-state index in [1.807, 2.05) is 41.3 Å². The van der Waals surface area contributed by atoms with Crippen LogP contribution in [0.15, 0.2) is 65.7 Å². The molecule has 1 saturated heterocycles. The summed E-state index contributed by atoms with van der Waals surface area (Å²) < 4.78 is 27.9. The predicted molar refractivity (Wildman–Crippen MR) is 115 cm³/mol. The van der Waals surface area contributed by atoms with Gasteiger partial charge in [-0.3, -0.25) is 9.78 Å². The van der Waals surface area contributed by atoms with E-state index in [1.165, 1.54) is 0 Å². The Morgan fingerprint density at radius 3 is 2.67 bits per heavy atom. The van der Waals surface area contributed by atoms with Crippen LogP contribution in [0.1, 0.15) is 23.2 Å². The first-order valence-electron chi connectivity index (χ1n) is 10.0. The van der Waals surface area contributed by atoms with Crippen molar-refractivity contribution in [1.29, 1.82) is 0 Å². The fraction of sp³-hybridized carbons (Fsp3) is 0.273. The summed E-state index contributed by atoms with van der Waals surface area (Å²) in [6.45, 7) is 1.19. The molecule has 2 N–H and O–H groups in total. The van der Waals surface area contributed by atoms with Crippen molar-refractivity contribution >= 4 is 32.5 Å². The average Bonchev–Trinajstić information content (AvgIpc) is 2.78.